The van der Waals surface area contributed by atoms with E-state index in [0.717, 1.165) is 0 Å². The lowest BCUT2D eigenvalue weighted by atomic mass is 9.95. The van der Waals surface area contributed by atoms with Crippen LogP contribution in [0.5, 0.6) is 0 Å². The minimum atomic E-state index is -0.588. The monoisotopic (exact) mass is 256 g/mol. The van der Waals surface area contributed by atoms with Gasteiger partial charge in [-0.2, -0.15) is 0 Å². The van der Waals surface area contributed by atoms with E-state index in [2.05, 4.69) is 13.5 Å². The zero-order valence-corrected chi connectivity index (χ0v) is 11.9. The minimum absolute atomic E-state index is 0.0430. The lowest BCUT2D eigenvalue weighted by Crippen LogP contribution is -2.52. The largest absolute Gasteiger partial charge is 0.350 e. The van der Waals surface area contributed by atoms with Crippen molar-refractivity contribution >= 4 is 0 Å². The van der Waals surface area contributed by atoms with Crippen LogP contribution in [-0.2, 0) is 18.9 Å². The van der Waals surface area contributed by atoms with Crippen LogP contribution in [-0.4, -0.2) is 36.5 Å². The summed E-state index contributed by atoms with van der Waals surface area (Å²) in [4.78, 5) is 0. The quantitative estimate of drug-likeness (QED) is 0.711. The van der Waals surface area contributed by atoms with E-state index in [-0.39, 0.29) is 24.2 Å². The van der Waals surface area contributed by atoms with Crippen molar-refractivity contribution in [1.82, 2.24) is 0 Å². The van der Waals surface area contributed by atoms with E-state index in [1.807, 2.05) is 27.7 Å². The van der Waals surface area contributed by atoms with Gasteiger partial charge in [-0.3, -0.25) is 0 Å². The van der Waals surface area contributed by atoms with Crippen molar-refractivity contribution in [3.05, 3.63) is 12.7 Å². The molecule has 2 saturated heterocycles. The van der Waals surface area contributed by atoms with E-state index in [1.54, 1.807) is 6.08 Å². The summed E-state index contributed by atoms with van der Waals surface area (Å²) >= 11 is 0. The topological polar surface area (TPSA) is 36.9 Å². The Bertz CT molecular complexity index is 324. The third-order valence-electron chi connectivity index (χ3n) is 3.39. The summed E-state index contributed by atoms with van der Waals surface area (Å²) in [6, 6.07) is 0. The van der Waals surface area contributed by atoms with Gasteiger partial charge in [-0.1, -0.05) is 13.0 Å². The highest BCUT2D eigenvalue weighted by Gasteiger charge is 2.49. The second kappa shape index (κ2) is 4.60. The molecule has 4 nitrogen and oxygen atoms in total. The highest BCUT2D eigenvalue weighted by Crippen LogP contribution is 2.37. The first-order chi connectivity index (χ1) is 8.24. The van der Waals surface area contributed by atoms with Gasteiger partial charge in [0.25, 0.3) is 0 Å². The fraction of sp³-hybridized carbons (Fsp3) is 0.857. The Balaban J connectivity index is 2.16. The van der Waals surface area contributed by atoms with E-state index < -0.39 is 11.6 Å². The second-order valence-corrected chi connectivity index (χ2v) is 6.07. The van der Waals surface area contributed by atoms with Gasteiger partial charge in [-0.15, -0.1) is 6.58 Å². The van der Waals surface area contributed by atoms with Gasteiger partial charge in [-0.05, 0) is 27.7 Å². The van der Waals surface area contributed by atoms with Gasteiger partial charge in [0.05, 0.1) is 12.7 Å². The lowest BCUT2D eigenvalue weighted by Gasteiger charge is -2.42. The maximum atomic E-state index is 6.02. The summed E-state index contributed by atoms with van der Waals surface area (Å²) in [6.45, 7) is 14.3. The molecule has 0 radical (unpaired) electrons. The molecule has 0 bridgehead atoms. The number of ether oxygens (including phenoxy) is 4. The van der Waals surface area contributed by atoms with E-state index in [4.69, 9.17) is 18.9 Å². The van der Waals surface area contributed by atoms with Gasteiger partial charge >= 0.3 is 0 Å². The number of hydrogen-bond acceptors (Lipinski definition) is 4. The molecule has 0 amide bonds. The summed E-state index contributed by atoms with van der Waals surface area (Å²) in [5, 5.41) is 0. The van der Waals surface area contributed by atoms with Gasteiger partial charge < -0.3 is 18.9 Å². The summed E-state index contributed by atoms with van der Waals surface area (Å²) in [5.74, 6) is -0.892. The van der Waals surface area contributed by atoms with Crippen LogP contribution in [0.3, 0.4) is 0 Å². The summed E-state index contributed by atoms with van der Waals surface area (Å²) < 4.78 is 23.5. The Kier molecular flexibility index (Phi) is 3.58. The van der Waals surface area contributed by atoms with Gasteiger partial charge in [0.2, 0.25) is 0 Å². The fourth-order valence-electron chi connectivity index (χ4n) is 2.55. The summed E-state index contributed by atoms with van der Waals surface area (Å²) in [7, 11) is 0. The lowest BCUT2D eigenvalue weighted by molar-refractivity contribution is -0.310. The van der Waals surface area contributed by atoms with Gasteiger partial charge in [0.1, 0.15) is 12.2 Å². The van der Waals surface area contributed by atoms with Crippen molar-refractivity contribution in [1.29, 1.82) is 0 Å². The molecule has 0 saturated carbocycles. The van der Waals surface area contributed by atoms with Crippen molar-refractivity contribution in [3.63, 3.8) is 0 Å². The molecular formula is C14H24O4. The Morgan fingerprint density at radius 1 is 1.00 bits per heavy atom. The molecule has 0 aromatic heterocycles. The van der Waals surface area contributed by atoms with Crippen LogP contribution < -0.4 is 0 Å². The van der Waals surface area contributed by atoms with Crippen molar-refractivity contribution in [2.75, 3.05) is 6.61 Å². The molecule has 0 aliphatic carbocycles. The van der Waals surface area contributed by atoms with Gasteiger partial charge in [0.15, 0.2) is 11.6 Å². The third-order valence-corrected chi connectivity index (χ3v) is 3.39. The fourth-order valence-corrected chi connectivity index (χ4v) is 2.55. The zero-order valence-electron chi connectivity index (χ0n) is 11.9. The zero-order chi connectivity index (χ0) is 13.6. The molecule has 2 unspecified atom stereocenters. The molecular weight excluding hydrogens is 232 g/mol. The van der Waals surface area contributed by atoms with Crippen LogP contribution in [0.1, 0.15) is 34.6 Å². The van der Waals surface area contributed by atoms with Crippen LogP contribution in [0.25, 0.3) is 0 Å². The van der Waals surface area contributed by atoms with Crippen molar-refractivity contribution in [2.45, 2.75) is 64.5 Å². The molecule has 18 heavy (non-hydrogen) atoms. The molecule has 0 spiro atoms. The minimum Gasteiger partial charge on any atom is -0.350 e. The molecule has 2 aliphatic heterocycles. The molecule has 0 aromatic rings. The predicted octanol–water partition coefficient (Wildman–Crippen LogP) is 2.48. The average molecular weight is 256 g/mol. The first kappa shape index (κ1) is 14.0. The molecule has 2 fully saturated rings. The number of hydrogen-bond donors (Lipinski definition) is 0. The van der Waals surface area contributed by atoms with E-state index in [9.17, 15) is 0 Å². The maximum absolute atomic E-state index is 6.02. The number of rotatable bonds is 2. The maximum Gasteiger partial charge on any atom is 0.164 e. The molecule has 0 aromatic carbocycles. The van der Waals surface area contributed by atoms with E-state index in [0.29, 0.717) is 6.61 Å². The van der Waals surface area contributed by atoms with E-state index in [1.165, 1.54) is 0 Å². The molecule has 4 heteroatoms. The molecule has 0 N–H and O–H groups in total. The van der Waals surface area contributed by atoms with Gasteiger partial charge in [-0.25, -0.2) is 0 Å². The van der Waals surface area contributed by atoms with E-state index >= 15 is 0 Å². The Morgan fingerprint density at radius 3 is 2.22 bits per heavy atom. The van der Waals surface area contributed by atoms with Crippen LogP contribution in [0.2, 0.25) is 0 Å². The van der Waals surface area contributed by atoms with Crippen molar-refractivity contribution in [2.24, 2.45) is 5.92 Å². The summed E-state index contributed by atoms with van der Waals surface area (Å²) in [6.07, 6.45) is 1.48. The molecule has 2 aliphatic rings. The first-order valence-electron chi connectivity index (χ1n) is 6.54. The smallest absolute Gasteiger partial charge is 0.164 e. The molecule has 2 rings (SSSR count). The van der Waals surface area contributed by atoms with Crippen molar-refractivity contribution in [3.8, 4) is 0 Å². The standard InChI is InChI=1S/C14H24O4/c1-7-10-12(18-14(5,6)16-10)11-9(2)8-15-13(3,4)17-11/h7,9-12H,1,8H2,2-6H3/t9?,10?,11-,12+/m0/s1. The Labute approximate surface area is 109 Å². The van der Waals surface area contributed by atoms with Crippen molar-refractivity contribution < 1.29 is 18.9 Å². The summed E-state index contributed by atoms with van der Waals surface area (Å²) in [5.41, 5.74) is 0. The normalized spacial score (nSPS) is 42.7. The highest BCUT2D eigenvalue weighted by atomic mass is 16.8. The molecule has 2 heterocycles. The Hall–Kier alpha value is -0.420. The van der Waals surface area contributed by atoms with Crippen LogP contribution in [0, 0.1) is 5.92 Å². The first-order valence-corrected chi connectivity index (χ1v) is 6.54. The van der Waals surface area contributed by atoms with Gasteiger partial charge in [0, 0.05) is 5.92 Å². The third kappa shape index (κ3) is 2.77. The Morgan fingerprint density at radius 2 is 1.61 bits per heavy atom. The van der Waals surface area contributed by atoms with Crippen LogP contribution in [0.15, 0.2) is 12.7 Å². The van der Waals surface area contributed by atoms with Crippen LogP contribution >= 0.6 is 0 Å². The molecule has 4 atom stereocenters. The van der Waals surface area contributed by atoms with Crippen LogP contribution in [0.4, 0.5) is 0 Å². The predicted molar refractivity (Wildman–Crippen MR) is 68.1 cm³/mol. The second-order valence-electron chi connectivity index (χ2n) is 6.07. The highest BCUT2D eigenvalue weighted by molar-refractivity contribution is 4.99. The molecule has 104 valence electrons. The average Bonchev–Trinajstić information content (AvgIpc) is 2.57. The SMILES string of the molecule is C=CC1OC(C)(C)O[C@H]1[C@H]1OC(C)(C)OCC1C.